The van der Waals surface area contributed by atoms with Gasteiger partial charge >= 0.3 is 0 Å². The van der Waals surface area contributed by atoms with Crippen LogP contribution in [0.2, 0.25) is 0 Å². The van der Waals surface area contributed by atoms with Crippen LogP contribution in [0.5, 0.6) is 0 Å². The number of benzene rings is 3. The predicted octanol–water partition coefficient (Wildman–Crippen LogP) is 5.22. The van der Waals surface area contributed by atoms with Crippen LogP contribution in [0.15, 0.2) is 78.9 Å². The van der Waals surface area contributed by atoms with Gasteiger partial charge in [0.15, 0.2) is 0 Å². The van der Waals surface area contributed by atoms with Crippen LogP contribution >= 0.6 is 0 Å². The van der Waals surface area contributed by atoms with Gasteiger partial charge in [0.25, 0.3) is 0 Å². The molecule has 0 saturated carbocycles. The van der Waals surface area contributed by atoms with E-state index in [1.165, 1.54) is 11.4 Å². The zero-order valence-electron chi connectivity index (χ0n) is 12.5. The quantitative estimate of drug-likeness (QED) is 0.468. The first-order valence-electron chi connectivity index (χ1n) is 6.98. The summed E-state index contributed by atoms with van der Waals surface area (Å²) in [5, 5.41) is 0. The van der Waals surface area contributed by atoms with Gasteiger partial charge in [-0.3, -0.25) is 0 Å². The molecule has 0 saturated heterocycles. The maximum atomic E-state index is 3.29. The molecule has 0 fully saturated rings. The molecule has 115 valence electrons. The molecule has 0 bridgehead atoms. The summed E-state index contributed by atoms with van der Waals surface area (Å²) in [6.07, 6.45) is 0. The van der Waals surface area contributed by atoms with Crippen molar-refractivity contribution in [2.45, 2.75) is 0 Å². The fraction of sp³-hybridized carbons (Fsp3) is 0. The molecule has 1 aliphatic rings. The predicted molar refractivity (Wildman–Crippen MR) is 92.1 cm³/mol. The van der Waals surface area contributed by atoms with Gasteiger partial charge in [0.2, 0.25) is 7.43 Å². The van der Waals surface area contributed by atoms with Gasteiger partial charge in [-0.05, 0) is 24.3 Å². The number of anilines is 4. The van der Waals surface area contributed by atoms with Gasteiger partial charge in [-0.25, -0.2) is 0 Å². The molecule has 0 atom stereocenters. The smallest absolute Gasteiger partial charge is 0.239 e. The van der Waals surface area contributed by atoms with Crippen LogP contribution in [-0.2, 0) is 20.1 Å². The van der Waals surface area contributed by atoms with Crippen LogP contribution in [0, 0.1) is 20.2 Å². The Hall–Kier alpha value is -2.22. The van der Waals surface area contributed by atoms with Crippen molar-refractivity contribution in [1.29, 1.82) is 0 Å². The van der Waals surface area contributed by atoms with Gasteiger partial charge in [-0.1, -0.05) is 36.0 Å². The van der Waals surface area contributed by atoms with Crippen LogP contribution < -0.4 is 9.80 Å². The van der Waals surface area contributed by atoms with Crippen molar-refractivity contribution in [3.8, 4) is 0 Å². The van der Waals surface area contributed by atoms with E-state index in [-0.39, 0.29) is 27.5 Å². The Kier molecular flexibility index (Phi) is 5.49. The van der Waals surface area contributed by atoms with Crippen molar-refractivity contribution < 1.29 is 20.1 Å². The van der Waals surface area contributed by atoms with Gasteiger partial charge < -0.3 is 9.80 Å². The van der Waals surface area contributed by atoms with E-state index in [2.05, 4.69) is 77.1 Å². The second-order valence-electron chi connectivity index (χ2n) is 4.93. The Morgan fingerprint density at radius 2 is 1.26 bits per heavy atom. The summed E-state index contributed by atoms with van der Waals surface area (Å²) in [6.45, 7) is 2.12. The van der Waals surface area contributed by atoms with E-state index in [1.807, 2.05) is 24.3 Å². The summed E-state index contributed by atoms with van der Waals surface area (Å²) in [5.74, 6) is 0. The van der Waals surface area contributed by atoms with Crippen LogP contribution in [0.3, 0.4) is 0 Å². The van der Waals surface area contributed by atoms with E-state index < -0.39 is 0 Å². The minimum Gasteiger partial charge on any atom is -0.339 e. The number of fused-ring (bicyclic) bond motifs is 1. The molecular weight excluding hydrogens is 460 g/mol. The second-order valence-corrected chi connectivity index (χ2v) is 4.93. The van der Waals surface area contributed by atoms with E-state index in [0.29, 0.717) is 0 Å². The third-order valence-corrected chi connectivity index (χ3v) is 3.62. The van der Waals surface area contributed by atoms with Crippen molar-refractivity contribution in [1.82, 2.24) is 0 Å². The first-order valence-corrected chi connectivity index (χ1v) is 6.98. The molecule has 1 aliphatic heterocycles. The molecular formula is C20H16IrN2. The normalized spacial score (nSPS) is 12.2. The Balaban J connectivity index is 0.000000960. The van der Waals surface area contributed by atoms with Crippen molar-refractivity contribution in [3.05, 3.63) is 99.0 Å². The summed E-state index contributed by atoms with van der Waals surface area (Å²) < 4.78 is 0. The maximum absolute atomic E-state index is 3.29. The molecule has 2 nitrogen and oxygen atoms in total. The van der Waals surface area contributed by atoms with E-state index in [4.69, 9.17) is 0 Å². The molecule has 3 aromatic rings. The molecule has 3 radical (unpaired) electrons. The number of hydrogen-bond donors (Lipinski definition) is 0. The SMILES string of the molecule is [CH2+].[Ir].[c-]1ccccc1N1[CH]N(c2ccccc2)c2ccccc21. The average Bonchev–Trinajstić information content (AvgIpc) is 2.96. The average molecular weight is 477 g/mol. The number of rotatable bonds is 2. The fourth-order valence-corrected chi connectivity index (χ4v) is 2.63. The summed E-state index contributed by atoms with van der Waals surface area (Å²) in [6, 6.07) is 30.1. The van der Waals surface area contributed by atoms with Gasteiger partial charge in [-0.15, -0.1) is 6.07 Å². The Labute approximate surface area is 151 Å². The molecule has 0 N–H and O–H groups in total. The monoisotopic (exact) mass is 477 g/mol. The van der Waals surface area contributed by atoms with Crippen molar-refractivity contribution >= 4 is 22.7 Å². The third kappa shape index (κ3) is 3.12. The Bertz CT molecular complexity index is 679. The molecule has 0 aliphatic carbocycles. The Morgan fingerprint density at radius 1 is 0.652 bits per heavy atom. The van der Waals surface area contributed by atoms with E-state index in [9.17, 15) is 0 Å². The summed E-state index contributed by atoms with van der Waals surface area (Å²) in [5.41, 5.74) is 4.55. The maximum Gasteiger partial charge on any atom is 0.239 e. The molecule has 0 amide bonds. The van der Waals surface area contributed by atoms with Crippen LogP contribution in [0.25, 0.3) is 0 Å². The molecule has 1 heterocycles. The third-order valence-electron chi connectivity index (χ3n) is 3.62. The zero-order chi connectivity index (χ0) is 14.1. The van der Waals surface area contributed by atoms with E-state index in [0.717, 1.165) is 11.4 Å². The van der Waals surface area contributed by atoms with Gasteiger partial charge in [0.1, 0.15) is 6.67 Å². The standard InChI is InChI=1S/C19H14N2.CH2.Ir/c1-3-9-16(10-4-1)20-15-21(17-11-5-2-6-12-17)19-14-8-7-13-18(19)20;;/h1-11,13-15H;1H2;/q-1;+1;. The molecule has 3 heteroatoms. The van der Waals surface area contributed by atoms with Gasteiger partial charge in [-0.2, -0.15) is 24.3 Å². The molecule has 0 spiro atoms. The topological polar surface area (TPSA) is 6.48 Å². The number of nitrogens with zero attached hydrogens (tertiary/aromatic N) is 2. The van der Waals surface area contributed by atoms with Crippen molar-refractivity contribution in [2.24, 2.45) is 0 Å². The van der Waals surface area contributed by atoms with Crippen LogP contribution in [0.1, 0.15) is 0 Å². The summed E-state index contributed by atoms with van der Waals surface area (Å²) in [4.78, 5) is 4.37. The number of hydrogen-bond acceptors (Lipinski definition) is 2. The summed E-state index contributed by atoms with van der Waals surface area (Å²) >= 11 is 0. The molecule has 23 heavy (non-hydrogen) atoms. The summed E-state index contributed by atoms with van der Waals surface area (Å²) in [7, 11) is 0. The zero-order valence-corrected chi connectivity index (χ0v) is 14.9. The Morgan fingerprint density at radius 3 is 1.91 bits per heavy atom. The largest absolute Gasteiger partial charge is 0.339 e. The van der Waals surface area contributed by atoms with Crippen molar-refractivity contribution in [3.63, 3.8) is 0 Å². The van der Waals surface area contributed by atoms with Crippen LogP contribution in [-0.4, -0.2) is 0 Å². The molecule has 4 rings (SSSR count). The van der Waals surface area contributed by atoms with Gasteiger partial charge in [0, 0.05) is 25.8 Å². The fourth-order valence-electron chi connectivity index (χ4n) is 2.63. The van der Waals surface area contributed by atoms with Gasteiger partial charge in [0.05, 0.1) is 11.4 Å². The number of para-hydroxylation sites is 4. The minimum atomic E-state index is 0. The molecule has 0 unspecified atom stereocenters. The first-order chi connectivity index (χ1) is 10.4. The van der Waals surface area contributed by atoms with E-state index in [1.54, 1.807) is 0 Å². The second kappa shape index (κ2) is 7.36. The first kappa shape index (κ1) is 17.1. The molecule has 3 aromatic carbocycles. The van der Waals surface area contributed by atoms with E-state index >= 15 is 0 Å². The minimum absolute atomic E-state index is 0. The van der Waals surface area contributed by atoms with Crippen molar-refractivity contribution in [2.75, 3.05) is 9.80 Å². The molecule has 0 aromatic heterocycles. The van der Waals surface area contributed by atoms with Crippen LogP contribution in [0.4, 0.5) is 22.7 Å².